The van der Waals surface area contributed by atoms with Gasteiger partial charge in [-0.1, -0.05) is 96.0 Å². The topological polar surface area (TPSA) is 124 Å². The van der Waals surface area contributed by atoms with E-state index in [9.17, 15) is 14.4 Å². The maximum Gasteiger partial charge on any atom is 0.407 e. The minimum absolute atomic E-state index is 0.131. The highest BCUT2D eigenvalue weighted by atomic mass is 16.7. The molecule has 1 heterocycles. The van der Waals surface area contributed by atoms with Gasteiger partial charge < -0.3 is 34.9 Å². The van der Waals surface area contributed by atoms with E-state index in [1.165, 1.54) is 19.3 Å². The number of carbonyl (C=O) groups excluding carboxylic acids is 3. The first kappa shape index (κ1) is 40.6. The number of amides is 3. The normalized spacial score (nSPS) is 22.3. The molecule has 1 saturated carbocycles. The number of rotatable bonds is 18. The Balaban J connectivity index is 1.56. The predicted octanol–water partition coefficient (Wildman–Crippen LogP) is 8.03. The second-order valence-corrected chi connectivity index (χ2v) is 15.4. The summed E-state index contributed by atoms with van der Waals surface area (Å²) in [5.41, 5.74) is 0.343. The number of unbranched alkanes of at least 4 members (excludes halogenated alkanes) is 3. The van der Waals surface area contributed by atoms with E-state index in [-0.39, 0.29) is 30.4 Å². The zero-order chi connectivity index (χ0) is 35.7. The molecule has 0 aromatic heterocycles. The number of nitrogens with one attached hydrogen (secondary N) is 3. The molecule has 1 aromatic carbocycles. The number of alkyl carbamates (subject to hydrolysis) is 2. The maximum atomic E-state index is 13.6. The van der Waals surface area contributed by atoms with Crippen LogP contribution in [-0.4, -0.2) is 61.3 Å². The van der Waals surface area contributed by atoms with E-state index in [2.05, 4.69) is 36.7 Å². The van der Waals surface area contributed by atoms with Crippen LogP contribution in [-0.2, 0) is 30.3 Å². The predicted molar refractivity (Wildman–Crippen MR) is 192 cm³/mol. The molecule has 0 bridgehead atoms. The summed E-state index contributed by atoms with van der Waals surface area (Å²) in [6.07, 6.45) is 10.3. The molecule has 1 aliphatic carbocycles. The van der Waals surface area contributed by atoms with Crippen molar-refractivity contribution < 1.29 is 33.3 Å². The molecule has 1 aromatic rings. The van der Waals surface area contributed by atoms with Gasteiger partial charge in [0.25, 0.3) is 0 Å². The molecule has 278 valence electrons. The molecular formula is C39H65N3O7. The Hall–Kier alpha value is -2.85. The smallest absolute Gasteiger partial charge is 0.407 e. The summed E-state index contributed by atoms with van der Waals surface area (Å²) in [4.78, 5) is 38.7. The lowest BCUT2D eigenvalue weighted by molar-refractivity contribution is -0.295. The average molecular weight is 688 g/mol. The fourth-order valence-electron chi connectivity index (χ4n) is 7.06. The van der Waals surface area contributed by atoms with Crippen LogP contribution in [0.25, 0.3) is 0 Å². The number of benzene rings is 1. The molecule has 3 rings (SSSR count). The Morgan fingerprint density at radius 1 is 0.939 bits per heavy atom. The van der Waals surface area contributed by atoms with Crippen LogP contribution >= 0.6 is 0 Å². The monoisotopic (exact) mass is 687 g/mol. The molecule has 3 amide bonds. The van der Waals surface area contributed by atoms with Gasteiger partial charge in [0.15, 0.2) is 5.79 Å². The SMILES string of the molecule is CCCCC(OC1(CC(C)C)CC(NC(=O)OC(C)(C)C)C(C2CCCCC2)CO1)C(=O)NCCCCCNC(=O)OCc1ccccc1. The summed E-state index contributed by atoms with van der Waals surface area (Å²) in [5.74, 6) is -0.225. The summed E-state index contributed by atoms with van der Waals surface area (Å²) in [7, 11) is 0. The van der Waals surface area contributed by atoms with Crippen molar-refractivity contribution in [2.24, 2.45) is 17.8 Å². The molecule has 10 heteroatoms. The van der Waals surface area contributed by atoms with Gasteiger partial charge in [0.05, 0.1) is 6.61 Å². The lowest BCUT2D eigenvalue weighted by Gasteiger charge is -2.48. The molecular weight excluding hydrogens is 622 g/mol. The van der Waals surface area contributed by atoms with Crippen molar-refractivity contribution in [2.75, 3.05) is 19.7 Å². The molecule has 2 fully saturated rings. The second-order valence-electron chi connectivity index (χ2n) is 15.4. The maximum absolute atomic E-state index is 13.6. The molecule has 1 aliphatic heterocycles. The van der Waals surface area contributed by atoms with Crippen LogP contribution in [0.4, 0.5) is 9.59 Å². The molecule has 4 unspecified atom stereocenters. The van der Waals surface area contributed by atoms with E-state index < -0.39 is 29.7 Å². The zero-order valence-corrected chi connectivity index (χ0v) is 31.2. The first-order valence-corrected chi connectivity index (χ1v) is 18.9. The van der Waals surface area contributed by atoms with Crippen molar-refractivity contribution in [1.82, 2.24) is 16.0 Å². The van der Waals surface area contributed by atoms with E-state index in [1.54, 1.807) is 0 Å². The fourth-order valence-corrected chi connectivity index (χ4v) is 7.06. The fraction of sp³-hybridized carbons (Fsp3) is 0.769. The highest BCUT2D eigenvalue weighted by Crippen LogP contribution is 2.42. The van der Waals surface area contributed by atoms with E-state index in [1.807, 2.05) is 51.1 Å². The largest absolute Gasteiger partial charge is 0.445 e. The Morgan fingerprint density at radius 2 is 1.63 bits per heavy atom. The van der Waals surface area contributed by atoms with Gasteiger partial charge in [-0.2, -0.15) is 0 Å². The minimum Gasteiger partial charge on any atom is -0.445 e. The van der Waals surface area contributed by atoms with Crippen molar-refractivity contribution in [3.63, 3.8) is 0 Å². The molecule has 3 N–H and O–H groups in total. The van der Waals surface area contributed by atoms with E-state index >= 15 is 0 Å². The van der Waals surface area contributed by atoms with Crippen molar-refractivity contribution in [2.45, 2.75) is 155 Å². The van der Waals surface area contributed by atoms with Gasteiger partial charge >= 0.3 is 12.2 Å². The first-order valence-electron chi connectivity index (χ1n) is 18.9. The third-order valence-electron chi connectivity index (χ3n) is 9.37. The Bertz CT molecular complexity index is 1120. The third kappa shape index (κ3) is 15.3. The van der Waals surface area contributed by atoms with Crippen molar-refractivity contribution in [3.05, 3.63) is 35.9 Å². The van der Waals surface area contributed by atoms with Crippen LogP contribution in [0.2, 0.25) is 0 Å². The molecule has 4 atom stereocenters. The number of ether oxygens (including phenoxy) is 4. The molecule has 1 saturated heterocycles. The van der Waals surface area contributed by atoms with Crippen molar-refractivity contribution >= 4 is 18.1 Å². The van der Waals surface area contributed by atoms with Gasteiger partial charge in [0, 0.05) is 37.9 Å². The van der Waals surface area contributed by atoms with Crippen LogP contribution < -0.4 is 16.0 Å². The van der Waals surface area contributed by atoms with Gasteiger partial charge in [-0.25, -0.2) is 9.59 Å². The van der Waals surface area contributed by atoms with Gasteiger partial charge in [0.1, 0.15) is 18.3 Å². The number of hydrogen-bond donors (Lipinski definition) is 3. The standard InChI is InChI=1S/C39H65N3O7/c1-7-8-22-34(35(43)40-23-16-11-17-24-41-36(44)46-27-30-18-12-9-13-19-30)48-39(25-29(2)3)26-33(42-37(45)49-38(4,5)6)32(28-47-39)31-20-14-10-15-21-31/h9,12-13,18-19,29,31-34H,7-8,10-11,14-17,20-28H2,1-6H3,(H,40,43)(H,41,44)(H,42,45). The van der Waals surface area contributed by atoms with E-state index in [0.717, 1.165) is 50.5 Å². The third-order valence-corrected chi connectivity index (χ3v) is 9.37. The highest BCUT2D eigenvalue weighted by Gasteiger charge is 2.48. The van der Waals surface area contributed by atoms with Gasteiger partial charge in [-0.05, 0) is 63.9 Å². The molecule has 10 nitrogen and oxygen atoms in total. The van der Waals surface area contributed by atoms with Crippen LogP contribution in [0.3, 0.4) is 0 Å². The number of hydrogen-bond acceptors (Lipinski definition) is 7. The van der Waals surface area contributed by atoms with E-state index in [0.29, 0.717) is 44.9 Å². The number of carbonyl (C=O) groups is 3. The van der Waals surface area contributed by atoms with Crippen molar-refractivity contribution in [1.29, 1.82) is 0 Å². The van der Waals surface area contributed by atoms with Crippen LogP contribution in [0.5, 0.6) is 0 Å². The Labute approximate surface area is 295 Å². The Morgan fingerprint density at radius 3 is 2.29 bits per heavy atom. The van der Waals surface area contributed by atoms with Gasteiger partial charge in [0.2, 0.25) is 5.91 Å². The van der Waals surface area contributed by atoms with Crippen molar-refractivity contribution in [3.8, 4) is 0 Å². The quantitative estimate of drug-likeness (QED) is 0.134. The summed E-state index contributed by atoms with van der Waals surface area (Å²) in [5, 5.41) is 9.11. The molecule has 49 heavy (non-hydrogen) atoms. The zero-order valence-electron chi connectivity index (χ0n) is 31.2. The molecule has 0 spiro atoms. The van der Waals surface area contributed by atoms with Crippen LogP contribution in [0, 0.1) is 17.8 Å². The molecule has 0 radical (unpaired) electrons. The highest BCUT2D eigenvalue weighted by molar-refractivity contribution is 5.80. The first-order chi connectivity index (χ1) is 23.4. The summed E-state index contributed by atoms with van der Waals surface area (Å²) in [6.45, 7) is 13.8. The van der Waals surface area contributed by atoms with Gasteiger partial charge in [-0.3, -0.25) is 4.79 Å². The summed E-state index contributed by atoms with van der Waals surface area (Å²) < 4.78 is 24.5. The summed E-state index contributed by atoms with van der Waals surface area (Å²) in [6, 6.07) is 9.41. The second kappa shape index (κ2) is 20.7. The van der Waals surface area contributed by atoms with E-state index in [4.69, 9.17) is 18.9 Å². The lowest BCUT2D eigenvalue weighted by Crippen LogP contribution is -2.58. The Kier molecular flexibility index (Phi) is 17.2. The van der Waals surface area contributed by atoms with Gasteiger partial charge in [-0.15, -0.1) is 0 Å². The molecule has 2 aliphatic rings. The average Bonchev–Trinajstić information content (AvgIpc) is 3.05. The lowest BCUT2D eigenvalue weighted by atomic mass is 9.73. The minimum atomic E-state index is -0.991. The van der Waals surface area contributed by atoms with Crippen LogP contribution in [0.15, 0.2) is 30.3 Å². The summed E-state index contributed by atoms with van der Waals surface area (Å²) >= 11 is 0. The van der Waals surface area contributed by atoms with Crippen LogP contribution in [0.1, 0.15) is 131 Å².